The van der Waals surface area contributed by atoms with Crippen molar-refractivity contribution in [1.82, 2.24) is 9.97 Å². The summed E-state index contributed by atoms with van der Waals surface area (Å²) in [6.07, 6.45) is 0. The summed E-state index contributed by atoms with van der Waals surface area (Å²) in [6.45, 7) is 0. The van der Waals surface area contributed by atoms with Crippen LogP contribution in [-0.2, 0) is 10.0 Å². The lowest BCUT2D eigenvalue weighted by atomic mass is 10.2. The van der Waals surface area contributed by atoms with Crippen LogP contribution in [0.15, 0.2) is 77.7 Å². The van der Waals surface area contributed by atoms with E-state index >= 15 is 0 Å². The second kappa shape index (κ2) is 8.71. The molecule has 168 valence electrons. The number of hydrogen-bond acceptors (Lipinski definition) is 8. The fourth-order valence-corrected chi connectivity index (χ4v) is 4.14. The third-order valence-corrected chi connectivity index (χ3v) is 6.12. The molecule has 0 atom stereocenters. The molecule has 33 heavy (non-hydrogen) atoms. The first-order valence-electron chi connectivity index (χ1n) is 9.81. The second-order valence-electron chi connectivity index (χ2n) is 7.34. The fraction of sp³-hybridized carbons (Fsp3) is 0.0909. The molecule has 4 rings (SSSR count). The first-order chi connectivity index (χ1) is 15.7. The number of nitro groups is 1. The molecule has 2 N–H and O–H groups in total. The summed E-state index contributed by atoms with van der Waals surface area (Å²) in [7, 11) is -0.317. The lowest BCUT2D eigenvalue weighted by Gasteiger charge is -2.15. The van der Waals surface area contributed by atoms with Gasteiger partial charge in [-0.05, 0) is 42.5 Å². The Bertz CT molecular complexity index is 1440. The number of benzene rings is 3. The van der Waals surface area contributed by atoms with E-state index in [0.717, 1.165) is 11.8 Å². The highest BCUT2D eigenvalue weighted by Gasteiger charge is 2.21. The highest BCUT2D eigenvalue weighted by molar-refractivity contribution is 7.92. The van der Waals surface area contributed by atoms with Gasteiger partial charge in [-0.25, -0.2) is 18.4 Å². The van der Waals surface area contributed by atoms with Gasteiger partial charge >= 0.3 is 0 Å². The molecule has 0 saturated heterocycles. The topological polar surface area (TPSA) is 130 Å². The Morgan fingerprint density at radius 3 is 2.12 bits per heavy atom. The standard InChI is InChI=1S/C22H20N6O4S/c1-27(2)16-12-10-15(11-13-16)23-21-22(25-20-9-4-3-8-19(20)24-21)26-33(31,32)18-7-5-6-17(14-18)28(29)30/h3-14H,1-2H3,(H,23,24)(H,25,26). The van der Waals surface area contributed by atoms with Gasteiger partial charge in [0.15, 0.2) is 11.6 Å². The zero-order chi connectivity index (χ0) is 23.6. The number of nitro benzene ring substituents is 1. The number of para-hydroxylation sites is 2. The lowest BCUT2D eigenvalue weighted by Crippen LogP contribution is -2.16. The minimum Gasteiger partial charge on any atom is -0.378 e. The van der Waals surface area contributed by atoms with Crippen LogP contribution in [0.1, 0.15) is 0 Å². The Balaban J connectivity index is 1.74. The summed E-state index contributed by atoms with van der Waals surface area (Å²) in [5.41, 5.74) is 2.41. The predicted octanol–water partition coefficient (Wildman–Crippen LogP) is 4.15. The highest BCUT2D eigenvalue weighted by atomic mass is 32.2. The van der Waals surface area contributed by atoms with Crippen molar-refractivity contribution < 1.29 is 13.3 Å². The van der Waals surface area contributed by atoms with Gasteiger partial charge in [-0.2, -0.15) is 0 Å². The monoisotopic (exact) mass is 464 g/mol. The van der Waals surface area contributed by atoms with E-state index in [4.69, 9.17) is 0 Å². The van der Waals surface area contributed by atoms with Crippen LogP contribution in [0.3, 0.4) is 0 Å². The summed E-state index contributed by atoms with van der Waals surface area (Å²) in [6, 6.07) is 19.3. The Morgan fingerprint density at radius 2 is 1.52 bits per heavy atom. The quantitative estimate of drug-likeness (QED) is 0.308. The zero-order valence-corrected chi connectivity index (χ0v) is 18.6. The Labute approximate surface area is 190 Å². The molecule has 1 aromatic heterocycles. The average molecular weight is 465 g/mol. The van der Waals surface area contributed by atoms with Gasteiger partial charge < -0.3 is 10.2 Å². The number of anilines is 4. The van der Waals surface area contributed by atoms with Crippen molar-refractivity contribution in [2.45, 2.75) is 4.90 Å². The van der Waals surface area contributed by atoms with Crippen LogP contribution >= 0.6 is 0 Å². The van der Waals surface area contributed by atoms with Gasteiger partial charge in [0.25, 0.3) is 15.7 Å². The molecule has 0 unspecified atom stereocenters. The third-order valence-electron chi connectivity index (χ3n) is 4.79. The average Bonchev–Trinajstić information content (AvgIpc) is 2.79. The predicted molar refractivity (Wildman–Crippen MR) is 127 cm³/mol. The molecule has 0 aliphatic rings. The highest BCUT2D eigenvalue weighted by Crippen LogP contribution is 2.28. The van der Waals surface area contributed by atoms with E-state index in [1.165, 1.54) is 18.2 Å². The summed E-state index contributed by atoms with van der Waals surface area (Å²) in [4.78, 5) is 21.1. The minimum absolute atomic E-state index is 0.0307. The molecule has 0 aliphatic carbocycles. The molecule has 1 heterocycles. The number of non-ortho nitro benzene ring substituents is 1. The van der Waals surface area contributed by atoms with Crippen LogP contribution in [0.25, 0.3) is 11.0 Å². The van der Waals surface area contributed by atoms with Gasteiger partial charge in [0.2, 0.25) is 0 Å². The number of nitrogens with one attached hydrogen (secondary N) is 2. The van der Waals surface area contributed by atoms with E-state index in [1.807, 2.05) is 43.3 Å². The maximum Gasteiger partial charge on any atom is 0.270 e. The molecule has 0 radical (unpaired) electrons. The number of nitrogens with zero attached hydrogens (tertiary/aromatic N) is 4. The van der Waals surface area contributed by atoms with Gasteiger partial charge in [0, 0.05) is 37.6 Å². The van der Waals surface area contributed by atoms with E-state index < -0.39 is 14.9 Å². The number of fused-ring (bicyclic) bond motifs is 1. The molecule has 3 aromatic carbocycles. The van der Waals surface area contributed by atoms with E-state index in [9.17, 15) is 18.5 Å². The van der Waals surface area contributed by atoms with Crippen LogP contribution in [0, 0.1) is 10.1 Å². The maximum absolute atomic E-state index is 13.0. The van der Waals surface area contributed by atoms with Crippen molar-refractivity contribution >= 4 is 49.8 Å². The summed E-state index contributed by atoms with van der Waals surface area (Å²) in [5.74, 6) is 0.164. The maximum atomic E-state index is 13.0. The molecule has 4 aromatic rings. The van der Waals surface area contributed by atoms with Crippen molar-refractivity contribution in [2.75, 3.05) is 29.0 Å². The number of rotatable bonds is 7. The molecule has 0 aliphatic heterocycles. The molecular weight excluding hydrogens is 444 g/mol. The van der Waals surface area contributed by atoms with E-state index in [2.05, 4.69) is 20.0 Å². The number of hydrogen-bond donors (Lipinski definition) is 2. The molecule has 0 saturated carbocycles. The molecule has 0 fully saturated rings. The van der Waals surface area contributed by atoms with E-state index in [-0.39, 0.29) is 22.2 Å². The van der Waals surface area contributed by atoms with Gasteiger partial charge in [0.1, 0.15) is 0 Å². The number of sulfonamides is 1. The van der Waals surface area contributed by atoms with Crippen molar-refractivity contribution in [3.8, 4) is 0 Å². The molecule has 0 bridgehead atoms. The van der Waals surface area contributed by atoms with E-state index in [0.29, 0.717) is 16.7 Å². The summed E-state index contributed by atoms with van der Waals surface area (Å²) < 4.78 is 28.4. The Kier molecular flexibility index (Phi) is 5.80. The van der Waals surface area contributed by atoms with Crippen molar-refractivity contribution in [2.24, 2.45) is 0 Å². The number of aromatic nitrogens is 2. The third kappa shape index (κ3) is 4.83. The van der Waals surface area contributed by atoms with Crippen LogP contribution in [-0.4, -0.2) is 37.4 Å². The molecule has 0 amide bonds. The fourth-order valence-electron chi connectivity index (χ4n) is 3.09. The van der Waals surface area contributed by atoms with Gasteiger partial charge in [-0.15, -0.1) is 0 Å². The van der Waals surface area contributed by atoms with Gasteiger partial charge in [0.05, 0.1) is 20.9 Å². The van der Waals surface area contributed by atoms with Crippen LogP contribution < -0.4 is 14.9 Å². The van der Waals surface area contributed by atoms with Crippen molar-refractivity contribution in [3.63, 3.8) is 0 Å². The lowest BCUT2D eigenvalue weighted by molar-refractivity contribution is -0.385. The SMILES string of the molecule is CN(C)c1ccc(Nc2nc3ccccc3nc2NS(=O)(=O)c2cccc([N+](=O)[O-])c2)cc1. The molecule has 11 heteroatoms. The van der Waals surface area contributed by atoms with Gasteiger partial charge in [-0.1, -0.05) is 18.2 Å². The van der Waals surface area contributed by atoms with Crippen LogP contribution in [0.2, 0.25) is 0 Å². The summed E-state index contributed by atoms with van der Waals surface area (Å²) >= 11 is 0. The van der Waals surface area contributed by atoms with Gasteiger partial charge in [-0.3, -0.25) is 14.8 Å². The molecule has 10 nitrogen and oxygen atoms in total. The van der Waals surface area contributed by atoms with E-state index in [1.54, 1.807) is 24.3 Å². The van der Waals surface area contributed by atoms with Crippen molar-refractivity contribution in [1.29, 1.82) is 0 Å². The van der Waals surface area contributed by atoms with Crippen LogP contribution in [0.5, 0.6) is 0 Å². The first kappa shape index (κ1) is 22.0. The molecular formula is C22H20N6O4S. The Morgan fingerprint density at radius 1 is 0.879 bits per heavy atom. The second-order valence-corrected chi connectivity index (χ2v) is 9.02. The molecule has 0 spiro atoms. The smallest absolute Gasteiger partial charge is 0.270 e. The van der Waals surface area contributed by atoms with Crippen molar-refractivity contribution in [3.05, 3.63) is 82.9 Å². The zero-order valence-electron chi connectivity index (χ0n) is 17.8. The normalized spacial score (nSPS) is 11.2. The Hall–Kier alpha value is -4.25. The summed E-state index contributed by atoms with van der Waals surface area (Å²) in [5, 5.41) is 14.2. The van der Waals surface area contributed by atoms with Crippen LogP contribution in [0.4, 0.5) is 28.7 Å². The minimum atomic E-state index is -4.17. The first-order valence-corrected chi connectivity index (χ1v) is 11.3. The largest absolute Gasteiger partial charge is 0.378 e.